The van der Waals surface area contributed by atoms with E-state index < -0.39 is 15.8 Å². The number of nitrogens with zero attached hydrogens (tertiary/aromatic N) is 4. The van der Waals surface area contributed by atoms with E-state index in [1.807, 2.05) is 18.5 Å². The lowest BCUT2D eigenvalue weighted by atomic mass is 9.95. The van der Waals surface area contributed by atoms with Gasteiger partial charge in [0.2, 0.25) is 0 Å². The van der Waals surface area contributed by atoms with Crippen LogP contribution in [0.4, 0.5) is 0 Å². The third-order valence-electron chi connectivity index (χ3n) is 5.47. The smallest absolute Gasteiger partial charge is 0.319 e. The lowest BCUT2D eigenvalue weighted by Gasteiger charge is -2.16. The molecule has 0 bridgehead atoms. The summed E-state index contributed by atoms with van der Waals surface area (Å²) >= 11 is 0. The molecule has 3 N–H and O–H groups in total. The molecule has 29 heavy (non-hydrogen) atoms. The molecule has 0 spiro atoms. The molecule has 3 aromatic rings. The van der Waals surface area contributed by atoms with Crippen LogP contribution in [0.1, 0.15) is 45.2 Å². The molecule has 3 atom stereocenters. The number of hydrogen-bond acceptors (Lipinski definition) is 5. The van der Waals surface area contributed by atoms with Gasteiger partial charge in [-0.2, -0.15) is 17.5 Å². The van der Waals surface area contributed by atoms with Crippen molar-refractivity contribution in [2.45, 2.75) is 45.1 Å². The fourth-order valence-electron chi connectivity index (χ4n) is 4.06. The first-order valence-electron chi connectivity index (χ1n) is 9.70. The average Bonchev–Trinajstić information content (AvgIpc) is 3.34. The van der Waals surface area contributed by atoms with E-state index in [0.29, 0.717) is 5.92 Å². The topological polar surface area (TPSA) is 125 Å². The maximum Gasteiger partial charge on any atom is 0.319 e. The summed E-state index contributed by atoms with van der Waals surface area (Å²) in [5.74, 6) is 0.664. The third kappa shape index (κ3) is 4.19. The summed E-state index contributed by atoms with van der Waals surface area (Å²) in [7, 11) is -3.82. The van der Waals surface area contributed by atoms with Crippen LogP contribution in [0.2, 0.25) is 0 Å². The zero-order chi connectivity index (χ0) is 20.8. The van der Waals surface area contributed by atoms with Gasteiger partial charge in [-0.1, -0.05) is 6.92 Å². The molecule has 9 nitrogen and oxygen atoms in total. The maximum absolute atomic E-state index is 12.1. The Morgan fingerprint density at radius 1 is 1.38 bits per heavy atom. The van der Waals surface area contributed by atoms with Crippen molar-refractivity contribution < 1.29 is 13.5 Å². The van der Waals surface area contributed by atoms with Gasteiger partial charge in [-0.05, 0) is 44.6 Å². The van der Waals surface area contributed by atoms with Crippen LogP contribution in [-0.2, 0) is 10.2 Å². The summed E-state index contributed by atoms with van der Waals surface area (Å²) in [4.78, 5) is 12.0. The second-order valence-corrected chi connectivity index (χ2v) is 9.97. The first kappa shape index (κ1) is 20.0. The van der Waals surface area contributed by atoms with Crippen molar-refractivity contribution in [1.82, 2.24) is 24.1 Å². The number of nitrogens with one attached hydrogen (secondary N) is 2. The summed E-state index contributed by atoms with van der Waals surface area (Å²) in [5.41, 5.74) is 2.58. The van der Waals surface area contributed by atoms with E-state index in [0.717, 1.165) is 35.3 Å². The van der Waals surface area contributed by atoms with Gasteiger partial charge in [-0.25, -0.2) is 9.97 Å². The first-order valence-corrected chi connectivity index (χ1v) is 11.1. The molecule has 1 aliphatic carbocycles. The second kappa shape index (κ2) is 7.19. The van der Waals surface area contributed by atoms with E-state index in [-0.39, 0.29) is 18.4 Å². The molecule has 0 radical (unpaired) electrons. The lowest BCUT2D eigenvalue weighted by Crippen LogP contribution is -2.37. The van der Waals surface area contributed by atoms with Crippen molar-refractivity contribution >= 4 is 33.2 Å². The van der Waals surface area contributed by atoms with Crippen LogP contribution in [0.3, 0.4) is 0 Å². The minimum absolute atomic E-state index is 0.0582. The Morgan fingerprint density at radius 2 is 2.17 bits per heavy atom. The highest BCUT2D eigenvalue weighted by atomic mass is 32.2. The molecule has 0 aromatic carbocycles. The molecule has 0 amide bonds. The second-order valence-electron chi connectivity index (χ2n) is 8.52. The number of rotatable bonds is 6. The van der Waals surface area contributed by atoms with Crippen LogP contribution in [0, 0.1) is 11.8 Å². The number of aromatic nitrogens is 4. The average molecular weight is 419 g/mol. The maximum atomic E-state index is 12.1. The monoisotopic (exact) mass is 418 g/mol. The minimum atomic E-state index is -3.82. The highest BCUT2D eigenvalue weighted by Gasteiger charge is 2.34. The van der Waals surface area contributed by atoms with Gasteiger partial charge in [0.1, 0.15) is 0 Å². The number of H-pyrrole nitrogens is 1. The van der Waals surface area contributed by atoms with Gasteiger partial charge in [0.05, 0.1) is 17.3 Å². The summed E-state index contributed by atoms with van der Waals surface area (Å²) in [6.45, 7) is 5.16. The molecule has 156 valence electrons. The zero-order valence-electron chi connectivity index (χ0n) is 16.7. The van der Waals surface area contributed by atoms with Crippen LogP contribution >= 0.6 is 0 Å². The minimum Gasteiger partial charge on any atom is -0.389 e. The van der Waals surface area contributed by atoms with Crippen LogP contribution in [-0.4, -0.2) is 51.2 Å². The fourth-order valence-corrected chi connectivity index (χ4v) is 5.00. The van der Waals surface area contributed by atoms with E-state index in [2.05, 4.69) is 35.4 Å². The lowest BCUT2D eigenvalue weighted by molar-refractivity contribution is 0.0857. The van der Waals surface area contributed by atoms with Crippen molar-refractivity contribution in [2.75, 3.05) is 6.54 Å². The number of imidazole rings is 1. The number of aromatic amines is 1. The summed E-state index contributed by atoms with van der Waals surface area (Å²) in [6, 6.07) is 1.99. The van der Waals surface area contributed by atoms with E-state index in [4.69, 9.17) is 0 Å². The zero-order valence-corrected chi connectivity index (χ0v) is 17.5. The van der Waals surface area contributed by atoms with Crippen LogP contribution < -0.4 is 4.72 Å². The van der Waals surface area contributed by atoms with Gasteiger partial charge in [-0.3, -0.25) is 4.40 Å². The Bertz CT molecular complexity index is 1160. The van der Waals surface area contributed by atoms with Gasteiger partial charge < -0.3 is 10.1 Å². The predicted molar refractivity (Wildman–Crippen MR) is 111 cm³/mol. The van der Waals surface area contributed by atoms with Gasteiger partial charge in [0.15, 0.2) is 11.3 Å². The summed E-state index contributed by atoms with van der Waals surface area (Å²) in [6.07, 6.45) is 8.69. The van der Waals surface area contributed by atoms with Crippen molar-refractivity contribution in [3.8, 4) is 0 Å². The van der Waals surface area contributed by atoms with E-state index in [1.54, 1.807) is 6.20 Å². The SMILES string of the molecule is C[C@@H]1CC(C=NS(=O)(=O)NCC(C)(C)O)C[C@@H]1c1cnc2cnc3[nH]ccc3n12. The molecule has 10 heteroatoms. The Hall–Kier alpha value is -2.30. The standard InChI is InChI=1S/C19H26N6O3S/c1-12-6-13(8-23-29(27,28)24-11-19(2,3)26)7-14(12)16-9-21-17-10-22-18-15(25(16)17)4-5-20-18/h4-5,8-10,12-14,20,24,26H,6-7,11H2,1-3H3/t12-,13?,14+/m1/s1. The number of fused-ring (bicyclic) bond motifs is 3. The quantitative estimate of drug-likeness (QED) is 0.528. The molecular formula is C19H26N6O3S. The molecular weight excluding hydrogens is 392 g/mol. The number of hydrogen-bond donors (Lipinski definition) is 3. The molecule has 0 saturated heterocycles. The van der Waals surface area contributed by atoms with Crippen molar-refractivity contribution in [3.05, 3.63) is 30.4 Å². The van der Waals surface area contributed by atoms with Crippen molar-refractivity contribution in [3.63, 3.8) is 0 Å². The Balaban J connectivity index is 1.54. The Labute approximate surface area is 169 Å². The molecule has 0 aliphatic heterocycles. The van der Waals surface area contributed by atoms with Gasteiger partial charge in [-0.15, -0.1) is 0 Å². The molecule has 3 aromatic heterocycles. The van der Waals surface area contributed by atoms with E-state index in [1.165, 1.54) is 20.1 Å². The van der Waals surface area contributed by atoms with E-state index >= 15 is 0 Å². The normalized spacial score (nSPS) is 23.7. The molecule has 1 fully saturated rings. The molecule has 3 heterocycles. The number of aliphatic hydroxyl groups is 1. The van der Waals surface area contributed by atoms with Gasteiger partial charge in [0.25, 0.3) is 0 Å². The molecule has 1 unspecified atom stereocenters. The highest BCUT2D eigenvalue weighted by molar-refractivity contribution is 7.88. The molecule has 1 aliphatic rings. The Morgan fingerprint density at radius 3 is 2.93 bits per heavy atom. The predicted octanol–water partition coefficient (Wildman–Crippen LogP) is 2.02. The Kier molecular flexibility index (Phi) is 4.96. The molecule has 4 rings (SSSR count). The fraction of sp³-hybridized carbons (Fsp3) is 0.526. The van der Waals surface area contributed by atoms with Crippen molar-refractivity contribution in [1.29, 1.82) is 0 Å². The largest absolute Gasteiger partial charge is 0.389 e. The first-order chi connectivity index (χ1) is 13.6. The summed E-state index contributed by atoms with van der Waals surface area (Å²) < 4.78 is 32.4. The van der Waals surface area contributed by atoms with Crippen LogP contribution in [0.25, 0.3) is 16.8 Å². The van der Waals surface area contributed by atoms with Crippen LogP contribution in [0.5, 0.6) is 0 Å². The summed E-state index contributed by atoms with van der Waals surface area (Å²) in [5, 5.41) is 9.69. The van der Waals surface area contributed by atoms with Gasteiger partial charge >= 0.3 is 10.2 Å². The van der Waals surface area contributed by atoms with Gasteiger partial charge in [0, 0.05) is 36.8 Å². The highest BCUT2D eigenvalue weighted by Crippen LogP contribution is 2.42. The third-order valence-corrected chi connectivity index (χ3v) is 6.37. The van der Waals surface area contributed by atoms with E-state index in [9.17, 15) is 13.5 Å². The van der Waals surface area contributed by atoms with Crippen molar-refractivity contribution in [2.24, 2.45) is 16.2 Å². The van der Waals surface area contributed by atoms with Crippen LogP contribution in [0.15, 0.2) is 29.1 Å². The molecule has 1 saturated carbocycles.